The number of para-hydroxylation sites is 1. The zero-order valence-electron chi connectivity index (χ0n) is 12.3. The Morgan fingerprint density at radius 3 is 2.74 bits per heavy atom. The smallest absolute Gasteiger partial charge is 0.124 e. The lowest BCUT2D eigenvalue weighted by atomic mass is 9.83. The van der Waals surface area contributed by atoms with Crippen molar-refractivity contribution in [1.82, 2.24) is 0 Å². The van der Waals surface area contributed by atoms with Crippen molar-refractivity contribution in [2.75, 3.05) is 6.61 Å². The zero-order chi connectivity index (χ0) is 13.7. The Bertz CT molecular complexity index is 404. The summed E-state index contributed by atoms with van der Waals surface area (Å²) < 4.78 is 5.77. The van der Waals surface area contributed by atoms with Crippen LogP contribution < -0.4 is 10.5 Å². The van der Waals surface area contributed by atoms with Crippen molar-refractivity contribution in [2.45, 2.75) is 57.9 Å². The van der Waals surface area contributed by atoms with Gasteiger partial charge in [0.15, 0.2) is 0 Å². The Kier molecular flexibility index (Phi) is 4.87. The topological polar surface area (TPSA) is 35.2 Å². The summed E-state index contributed by atoms with van der Waals surface area (Å²) in [5, 5.41) is 0. The third-order valence-electron chi connectivity index (χ3n) is 4.53. The molecule has 1 fully saturated rings. The van der Waals surface area contributed by atoms with Gasteiger partial charge in [-0.1, -0.05) is 44.4 Å². The quantitative estimate of drug-likeness (QED) is 0.823. The molecular weight excluding hydrogens is 234 g/mol. The Balaban J connectivity index is 2.23. The van der Waals surface area contributed by atoms with Crippen molar-refractivity contribution in [3.05, 3.63) is 29.8 Å². The largest absolute Gasteiger partial charge is 0.494 e. The minimum atomic E-state index is -0.199. The lowest BCUT2D eigenvalue weighted by Crippen LogP contribution is -2.36. The molecule has 1 aliphatic carbocycles. The number of ether oxygens (including phenoxy) is 1. The van der Waals surface area contributed by atoms with E-state index in [0.29, 0.717) is 6.61 Å². The molecule has 0 saturated heterocycles. The maximum atomic E-state index is 6.75. The highest BCUT2D eigenvalue weighted by Gasteiger charge is 2.32. The van der Waals surface area contributed by atoms with Gasteiger partial charge in [-0.15, -0.1) is 0 Å². The molecule has 0 heterocycles. The summed E-state index contributed by atoms with van der Waals surface area (Å²) in [5.74, 6) is 1.83. The second-order valence-corrected chi connectivity index (χ2v) is 5.79. The van der Waals surface area contributed by atoms with Crippen LogP contribution in [0.4, 0.5) is 0 Å². The molecule has 1 aromatic rings. The first-order valence-corrected chi connectivity index (χ1v) is 7.70. The molecule has 0 aromatic heterocycles. The molecular formula is C17H27NO. The molecule has 1 saturated carbocycles. The molecule has 0 aliphatic heterocycles. The van der Waals surface area contributed by atoms with Crippen LogP contribution in [-0.4, -0.2) is 6.61 Å². The van der Waals surface area contributed by atoms with E-state index >= 15 is 0 Å². The van der Waals surface area contributed by atoms with E-state index in [-0.39, 0.29) is 5.54 Å². The van der Waals surface area contributed by atoms with Gasteiger partial charge in [0.05, 0.1) is 6.61 Å². The van der Waals surface area contributed by atoms with Gasteiger partial charge < -0.3 is 10.5 Å². The zero-order valence-corrected chi connectivity index (χ0v) is 12.3. The molecule has 19 heavy (non-hydrogen) atoms. The van der Waals surface area contributed by atoms with Crippen molar-refractivity contribution in [1.29, 1.82) is 0 Å². The highest BCUT2D eigenvalue weighted by molar-refractivity contribution is 5.39. The molecule has 2 N–H and O–H groups in total. The first kappa shape index (κ1) is 14.4. The third kappa shape index (κ3) is 3.30. The lowest BCUT2D eigenvalue weighted by Gasteiger charge is -2.30. The normalized spacial score (nSPS) is 27.8. The first-order valence-electron chi connectivity index (χ1n) is 7.70. The molecule has 0 amide bonds. The minimum absolute atomic E-state index is 0.199. The first-order chi connectivity index (χ1) is 9.19. The molecule has 0 bridgehead atoms. The van der Waals surface area contributed by atoms with Crippen LogP contribution in [0.2, 0.25) is 0 Å². The molecule has 0 spiro atoms. The Morgan fingerprint density at radius 2 is 2.00 bits per heavy atom. The predicted octanol–water partition coefficient (Wildman–Crippen LogP) is 4.23. The van der Waals surface area contributed by atoms with Crippen molar-refractivity contribution >= 4 is 0 Å². The summed E-state index contributed by atoms with van der Waals surface area (Å²) in [6, 6.07) is 8.31. The Hall–Kier alpha value is -1.02. The van der Waals surface area contributed by atoms with Crippen LogP contribution in [0.1, 0.15) is 57.9 Å². The van der Waals surface area contributed by atoms with Crippen molar-refractivity contribution < 1.29 is 4.74 Å². The lowest BCUT2D eigenvalue weighted by molar-refractivity contribution is 0.309. The van der Waals surface area contributed by atoms with Gasteiger partial charge >= 0.3 is 0 Å². The van der Waals surface area contributed by atoms with Gasteiger partial charge in [0.1, 0.15) is 5.75 Å². The fourth-order valence-electron chi connectivity index (χ4n) is 3.27. The van der Waals surface area contributed by atoms with Crippen LogP contribution in [-0.2, 0) is 5.54 Å². The van der Waals surface area contributed by atoms with Crippen LogP contribution in [0, 0.1) is 5.92 Å². The van der Waals surface area contributed by atoms with E-state index < -0.39 is 0 Å². The average Bonchev–Trinajstić information content (AvgIpc) is 2.62. The molecule has 2 nitrogen and oxygen atoms in total. The van der Waals surface area contributed by atoms with E-state index in [1.807, 2.05) is 13.0 Å². The number of benzene rings is 1. The summed E-state index contributed by atoms with van der Waals surface area (Å²) in [5.41, 5.74) is 7.75. The molecule has 1 aliphatic rings. The summed E-state index contributed by atoms with van der Waals surface area (Å²) in [6.07, 6.45) is 7.24. The van der Waals surface area contributed by atoms with E-state index in [1.165, 1.54) is 31.2 Å². The number of rotatable bonds is 4. The second kappa shape index (κ2) is 6.42. The van der Waals surface area contributed by atoms with E-state index in [0.717, 1.165) is 24.5 Å². The van der Waals surface area contributed by atoms with E-state index in [1.54, 1.807) is 0 Å². The maximum absolute atomic E-state index is 6.75. The Labute approximate surface area is 117 Å². The van der Waals surface area contributed by atoms with Crippen LogP contribution in [0.5, 0.6) is 5.75 Å². The molecule has 1 aromatic carbocycles. The molecule has 2 atom stereocenters. The summed E-state index contributed by atoms with van der Waals surface area (Å²) in [7, 11) is 0. The van der Waals surface area contributed by atoms with E-state index in [4.69, 9.17) is 10.5 Å². The molecule has 0 radical (unpaired) electrons. The molecule has 2 rings (SSSR count). The minimum Gasteiger partial charge on any atom is -0.494 e. The number of hydrogen-bond donors (Lipinski definition) is 1. The fraction of sp³-hybridized carbons (Fsp3) is 0.647. The molecule has 2 heteroatoms. The van der Waals surface area contributed by atoms with Gasteiger partial charge in [-0.05, 0) is 38.2 Å². The van der Waals surface area contributed by atoms with Gasteiger partial charge in [-0.2, -0.15) is 0 Å². The standard InChI is InChI=1S/C17H27NO/c1-3-14-8-7-12-17(18,13-11-14)15-9-5-6-10-16(15)19-4-2/h5-6,9-10,14H,3-4,7-8,11-13,18H2,1-2H3. The average molecular weight is 261 g/mol. The number of nitrogens with two attached hydrogens (primary N) is 1. The van der Waals surface area contributed by atoms with Crippen LogP contribution in [0.3, 0.4) is 0 Å². The molecule has 106 valence electrons. The number of hydrogen-bond acceptors (Lipinski definition) is 2. The van der Waals surface area contributed by atoms with Gasteiger partial charge in [0, 0.05) is 11.1 Å². The third-order valence-corrected chi connectivity index (χ3v) is 4.53. The van der Waals surface area contributed by atoms with Gasteiger partial charge in [-0.25, -0.2) is 0 Å². The van der Waals surface area contributed by atoms with Crippen LogP contribution >= 0.6 is 0 Å². The summed E-state index contributed by atoms with van der Waals surface area (Å²) in [4.78, 5) is 0. The summed E-state index contributed by atoms with van der Waals surface area (Å²) in [6.45, 7) is 5.02. The van der Waals surface area contributed by atoms with Crippen molar-refractivity contribution in [2.24, 2.45) is 11.7 Å². The molecule has 2 unspecified atom stereocenters. The van der Waals surface area contributed by atoms with E-state index in [2.05, 4.69) is 25.1 Å². The second-order valence-electron chi connectivity index (χ2n) is 5.79. The summed E-state index contributed by atoms with van der Waals surface area (Å²) >= 11 is 0. The van der Waals surface area contributed by atoms with Gasteiger partial charge in [0.2, 0.25) is 0 Å². The highest BCUT2D eigenvalue weighted by atomic mass is 16.5. The van der Waals surface area contributed by atoms with E-state index in [9.17, 15) is 0 Å². The van der Waals surface area contributed by atoms with Gasteiger partial charge in [0.25, 0.3) is 0 Å². The van der Waals surface area contributed by atoms with Crippen LogP contribution in [0.15, 0.2) is 24.3 Å². The fourth-order valence-corrected chi connectivity index (χ4v) is 3.27. The highest BCUT2D eigenvalue weighted by Crippen LogP contribution is 2.40. The van der Waals surface area contributed by atoms with Crippen molar-refractivity contribution in [3.8, 4) is 5.75 Å². The van der Waals surface area contributed by atoms with Gasteiger partial charge in [-0.3, -0.25) is 0 Å². The van der Waals surface area contributed by atoms with Crippen molar-refractivity contribution in [3.63, 3.8) is 0 Å². The Morgan fingerprint density at radius 1 is 1.21 bits per heavy atom. The SMILES string of the molecule is CCOc1ccccc1C1(N)CCCC(CC)CC1. The van der Waals surface area contributed by atoms with Crippen LogP contribution in [0.25, 0.3) is 0 Å². The predicted molar refractivity (Wildman–Crippen MR) is 80.3 cm³/mol. The maximum Gasteiger partial charge on any atom is 0.124 e. The monoisotopic (exact) mass is 261 g/mol.